The normalized spacial score (nSPS) is 9.92. The summed E-state index contributed by atoms with van der Waals surface area (Å²) in [7, 11) is 0. The minimum Gasteiger partial charge on any atom is -0.478 e. The van der Waals surface area contributed by atoms with E-state index in [0.29, 0.717) is 10.2 Å². The molecule has 0 aliphatic rings. The predicted octanol–water partition coefficient (Wildman–Crippen LogP) is 2.50. The van der Waals surface area contributed by atoms with Gasteiger partial charge in [-0.05, 0) is 28.9 Å². The van der Waals surface area contributed by atoms with Gasteiger partial charge >= 0.3 is 5.97 Å². The third kappa shape index (κ3) is 1.76. The molecule has 0 amide bonds. The number of aromatic carboxylic acids is 1. The fourth-order valence-corrected chi connectivity index (χ4v) is 1.91. The number of nitrogens with zero attached hydrogens (tertiary/aromatic N) is 1. The topological polar surface area (TPSA) is 50.2 Å². The fourth-order valence-electron chi connectivity index (χ4n) is 0.788. The van der Waals surface area contributed by atoms with E-state index in [1.165, 1.54) is 0 Å². The zero-order valence-electron chi connectivity index (χ0n) is 6.14. The maximum absolute atomic E-state index is 10.6. The lowest BCUT2D eigenvalue weighted by atomic mass is 10.2. The molecule has 1 rings (SSSR count). The molecule has 0 fully saturated rings. The van der Waals surface area contributed by atoms with Gasteiger partial charge in [0.15, 0.2) is 0 Å². The monoisotopic (exact) mass is 249 g/mol. The molecule has 1 N–H and O–H groups in total. The zero-order valence-corrected chi connectivity index (χ0v) is 8.48. The maximum Gasteiger partial charge on any atom is 0.340 e. The van der Waals surface area contributed by atoms with E-state index in [-0.39, 0.29) is 10.7 Å². The van der Waals surface area contributed by atoms with E-state index in [4.69, 9.17) is 16.7 Å². The lowest BCUT2D eigenvalue weighted by molar-refractivity contribution is 0.0695. The van der Waals surface area contributed by atoms with Gasteiger partial charge in [-0.1, -0.05) is 11.6 Å². The molecule has 0 saturated heterocycles. The van der Waals surface area contributed by atoms with E-state index in [1.807, 2.05) is 0 Å². The number of rotatable bonds is 1. The molecule has 64 valence electrons. The van der Waals surface area contributed by atoms with Crippen LogP contribution < -0.4 is 0 Å². The minimum atomic E-state index is -1.08. The third-order valence-electron chi connectivity index (χ3n) is 1.27. The smallest absolute Gasteiger partial charge is 0.340 e. The van der Waals surface area contributed by atoms with Crippen LogP contribution >= 0.6 is 27.5 Å². The summed E-state index contributed by atoms with van der Waals surface area (Å²) in [4.78, 5) is 14.4. The number of aryl methyl sites for hydroxylation is 1. The molecule has 12 heavy (non-hydrogen) atoms. The summed E-state index contributed by atoms with van der Waals surface area (Å²) in [6, 6.07) is 1.61. The van der Waals surface area contributed by atoms with Crippen molar-refractivity contribution < 1.29 is 9.90 Å². The number of carboxylic acids is 1. The standard InChI is InChI=1S/C7H5BrClNO2/c1-3-2-4(8)5(7(11)12)6(9)10-3/h2H,1H3,(H,11,12). The number of aromatic nitrogens is 1. The first-order chi connectivity index (χ1) is 5.52. The van der Waals surface area contributed by atoms with Gasteiger partial charge in [-0.2, -0.15) is 0 Å². The van der Waals surface area contributed by atoms with E-state index in [2.05, 4.69) is 20.9 Å². The fraction of sp³-hybridized carbons (Fsp3) is 0.143. The molecule has 1 aromatic rings. The molecule has 0 aliphatic heterocycles. The first-order valence-corrected chi connectivity index (χ1v) is 4.25. The van der Waals surface area contributed by atoms with Crippen LogP contribution in [0.15, 0.2) is 10.5 Å². The van der Waals surface area contributed by atoms with Crippen molar-refractivity contribution in [2.75, 3.05) is 0 Å². The van der Waals surface area contributed by atoms with Gasteiger partial charge in [0, 0.05) is 10.2 Å². The Morgan fingerprint density at radius 2 is 2.33 bits per heavy atom. The summed E-state index contributed by atoms with van der Waals surface area (Å²) in [5.74, 6) is -1.08. The summed E-state index contributed by atoms with van der Waals surface area (Å²) in [5, 5.41) is 8.69. The first kappa shape index (κ1) is 9.48. The molecule has 0 atom stereocenters. The van der Waals surface area contributed by atoms with Crippen molar-refractivity contribution in [1.29, 1.82) is 0 Å². The highest BCUT2D eigenvalue weighted by Gasteiger charge is 2.14. The zero-order chi connectivity index (χ0) is 9.30. The molecule has 0 aromatic carbocycles. The van der Waals surface area contributed by atoms with Crippen molar-refractivity contribution in [3.63, 3.8) is 0 Å². The van der Waals surface area contributed by atoms with Gasteiger partial charge in [0.25, 0.3) is 0 Å². The summed E-state index contributed by atoms with van der Waals surface area (Å²) >= 11 is 8.70. The van der Waals surface area contributed by atoms with Gasteiger partial charge in [0.1, 0.15) is 10.7 Å². The van der Waals surface area contributed by atoms with E-state index in [9.17, 15) is 4.79 Å². The molecule has 0 saturated carbocycles. The van der Waals surface area contributed by atoms with Crippen LogP contribution in [0.3, 0.4) is 0 Å². The Bertz CT molecular complexity index is 317. The predicted molar refractivity (Wildman–Crippen MR) is 48.6 cm³/mol. The average molecular weight is 250 g/mol. The van der Waals surface area contributed by atoms with Crippen molar-refractivity contribution in [1.82, 2.24) is 4.98 Å². The van der Waals surface area contributed by atoms with Crippen molar-refractivity contribution in [2.45, 2.75) is 6.92 Å². The van der Waals surface area contributed by atoms with Crippen LogP contribution in [0, 0.1) is 6.92 Å². The highest BCUT2D eigenvalue weighted by molar-refractivity contribution is 9.10. The van der Waals surface area contributed by atoms with Crippen LogP contribution in [0.5, 0.6) is 0 Å². The number of pyridine rings is 1. The second-order valence-corrected chi connectivity index (χ2v) is 3.43. The van der Waals surface area contributed by atoms with E-state index < -0.39 is 5.97 Å². The van der Waals surface area contributed by atoms with Gasteiger partial charge in [0.2, 0.25) is 0 Å². The van der Waals surface area contributed by atoms with Gasteiger partial charge < -0.3 is 5.11 Å². The lowest BCUT2D eigenvalue weighted by Gasteiger charge is -2.01. The van der Waals surface area contributed by atoms with Crippen LogP contribution in [0.25, 0.3) is 0 Å². The Morgan fingerprint density at radius 1 is 1.75 bits per heavy atom. The quantitative estimate of drug-likeness (QED) is 0.779. The second kappa shape index (κ2) is 3.41. The summed E-state index contributed by atoms with van der Waals surface area (Å²) in [5.41, 5.74) is 0.680. The molecule has 0 radical (unpaired) electrons. The molecule has 0 bridgehead atoms. The van der Waals surface area contributed by atoms with E-state index in [1.54, 1.807) is 13.0 Å². The average Bonchev–Trinajstić information content (AvgIpc) is 1.82. The molecule has 1 aromatic heterocycles. The molecule has 0 spiro atoms. The highest BCUT2D eigenvalue weighted by Crippen LogP contribution is 2.23. The van der Waals surface area contributed by atoms with Gasteiger partial charge in [0.05, 0.1) is 0 Å². The Kier molecular flexibility index (Phi) is 2.69. The lowest BCUT2D eigenvalue weighted by Crippen LogP contribution is -2.01. The molecule has 0 unspecified atom stereocenters. The molecular formula is C7H5BrClNO2. The Morgan fingerprint density at radius 3 is 2.75 bits per heavy atom. The highest BCUT2D eigenvalue weighted by atomic mass is 79.9. The largest absolute Gasteiger partial charge is 0.478 e. The minimum absolute atomic E-state index is 0.00210. The van der Waals surface area contributed by atoms with Crippen LogP contribution in [0.1, 0.15) is 16.1 Å². The van der Waals surface area contributed by atoms with Gasteiger partial charge in [-0.15, -0.1) is 0 Å². The van der Waals surface area contributed by atoms with Gasteiger partial charge in [-0.3, -0.25) is 0 Å². The molecule has 0 aliphatic carbocycles. The van der Waals surface area contributed by atoms with Crippen LogP contribution in [0.4, 0.5) is 0 Å². The Labute approximate surface area is 82.5 Å². The molecule has 5 heteroatoms. The number of halogens is 2. The SMILES string of the molecule is Cc1cc(Br)c(C(=O)O)c(Cl)n1. The van der Waals surface area contributed by atoms with Crippen molar-refractivity contribution in [2.24, 2.45) is 0 Å². The number of hydrogen-bond donors (Lipinski definition) is 1. The number of carboxylic acid groups (broad SMARTS) is 1. The number of hydrogen-bond acceptors (Lipinski definition) is 2. The third-order valence-corrected chi connectivity index (χ3v) is 2.17. The van der Waals surface area contributed by atoms with Crippen LogP contribution in [-0.2, 0) is 0 Å². The van der Waals surface area contributed by atoms with E-state index >= 15 is 0 Å². The molecular weight excluding hydrogens is 245 g/mol. The second-order valence-electron chi connectivity index (χ2n) is 2.22. The van der Waals surface area contributed by atoms with Crippen molar-refractivity contribution in [3.05, 3.63) is 26.9 Å². The Balaban J connectivity index is 3.38. The van der Waals surface area contributed by atoms with Crippen LogP contribution in [-0.4, -0.2) is 16.1 Å². The number of carbonyl (C=O) groups is 1. The van der Waals surface area contributed by atoms with Crippen LogP contribution in [0.2, 0.25) is 5.15 Å². The molecule has 1 heterocycles. The van der Waals surface area contributed by atoms with Gasteiger partial charge in [-0.25, -0.2) is 9.78 Å². The summed E-state index contributed by atoms with van der Waals surface area (Å²) < 4.78 is 0.451. The van der Waals surface area contributed by atoms with Crippen molar-refractivity contribution >= 4 is 33.5 Å². The summed E-state index contributed by atoms with van der Waals surface area (Å²) in [6.45, 7) is 1.74. The maximum atomic E-state index is 10.6. The first-order valence-electron chi connectivity index (χ1n) is 3.08. The Hall–Kier alpha value is -0.610. The molecule has 3 nitrogen and oxygen atoms in total. The van der Waals surface area contributed by atoms with Crippen molar-refractivity contribution in [3.8, 4) is 0 Å². The summed E-state index contributed by atoms with van der Waals surface area (Å²) in [6.07, 6.45) is 0. The van der Waals surface area contributed by atoms with E-state index in [0.717, 1.165) is 0 Å².